The summed E-state index contributed by atoms with van der Waals surface area (Å²) in [5, 5.41) is 0. The second-order valence-electron chi connectivity index (χ2n) is 2.41. The summed E-state index contributed by atoms with van der Waals surface area (Å²) in [6.45, 7) is 0.338. The van der Waals surface area contributed by atoms with Crippen molar-refractivity contribution in [2.24, 2.45) is 5.73 Å². The molecular formula is C7H9NO2. The number of nitrogens with two attached hydrogens (primary N) is 1. The van der Waals surface area contributed by atoms with Crippen LogP contribution in [0.5, 0.6) is 0 Å². The molecule has 0 bridgehead atoms. The standard InChI is InChI=1S/C7H9NO2/c8-5-1-2-6-7(3-5)10-4-9-6/h2-3,5H,1,4,8H2. The van der Waals surface area contributed by atoms with Crippen molar-refractivity contribution < 1.29 is 9.47 Å². The molecule has 2 aliphatic rings. The maximum Gasteiger partial charge on any atom is 0.231 e. The molecule has 0 aromatic rings. The second kappa shape index (κ2) is 2.02. The quantitative estimate of drug-likeness (QED) is 0.531. The highest BCUT2D eigenvalue weighted by atomic mass is 16.7. The summed E-state index contributed by atoms with van der Waals surface area (Å²) in [5.41, 5.74) is 5.63. The van der Waals surface area contributed by atoms with Crippen LogP contribution in [0.1, 0.15) is 6.42 Å². The van der Waals surface area contributed by atoms with Crippen molar-refractivity contribution in [2.75, 3.05) is 6.79 Å². The maximum absolute atomic E-state index is 5.63. The SMILES string of the molecule is NC1C=C2OCOC2=CC1. The molecule has 1 atom stereocenters. The fraction of sp³-hybridized carbons (Fsp3) is 0.429. The highest BCUT2D eigenvalue weighted by molar-refractivity contribution is 5.28. The zero-order valence-electron chi connectivity index (χ0n) is 5.54. The molecule has 3 nitrogen and oxygen atoms in total. The van der Waals surface area contributed by atoms with E-state index in [4.69, 9.17) is 15.2 Å². The van der Waals surface area contributed by atoms with Gasteiger partial charge in [0.25, 0.3) is 0 Å². The lowest BCUT2D eigenvalue weighted by molar-refractivity contribution is 0.0977. The van der Waals surface area contributed by atoms with Gasteiger partial charge in [-0.3, -0.25) is 0 Å². The van der Waals surface area contributed by atoms with Gasteiger partial charge in [0.1, 0.15) is 0 Å². The van der Waals surface area contributed by atoms with Crippen LogP contribution < -0.4 is 5.73 Å². The predicted octanol–water partition coefficient (Wildman–Crippen LogP) is 0.490. The normalized spacial score (nSPS) is 29.5. The van der Waals surface area contributed by atoms with Gasteiger partial charge >= 0.3 is 0 Å². The van der Waals surface area contributed by atoms with Gasteiger partial charge in [-0.1, -0.05) is 0 Å². The average Bonchev–Trinajstić information content (AvgIpc) is 2.33. The van der Waals surface area contributed by atoms with Crippen LogP contribution in [0.15, 0.2) is 23.7 Å². The van der Waals surface area contributed by atoms with E-state index in [-0.39, 0.29) is 6.04 Å². The first kappa shape index (κ1) is 5.80. The minimum absolute atomic E-state index is 0.0976. The lowest BCUT2D eigenvalue weighted by atomic mass is 10.1. The largest absolute Gasteiger partial charge is 0.454 e. The Kier molecular flexibility index (Phi) is 1.17. The first-order chi connectivity index (χ1) is 4.86. The molecule has 1 unspecified atom stereocenters. The van der Waals surface area contributed by atoms with Crippen LogP contribution in [-0.4, -0.2) is 12.8 Å². The van der Waals surface area contributed by atoms with Gasteiger partial charge in [-0.15, -0.1) is 0 Å². The van der Waals surface area contributed by atoms with Crippen LogP contribution in [-0.2, 0) is 9.47 Å². The van der Waals surface area contributed by atoms with E-state index in [9.17, 15) is 0 Å². The van der Waals surface area contributed by atoms with Gasteiger partial charge < -0.3 is 15.2 Å². The summed E-state index contributed by atoms with van der Waals surface area (Å²) in [5.74, 6) is 1.65. The molecular weight excluding hydrogens is 130 g/mol. The third-order valence-electron chi connectivity index (χ3n) is 1.61. The van der Waals surface area contributed by atoms with Crippen LogP contribution in [0.3, 0.4) is 0 Å². The number of hydrogen-bond acceptors (Lipinski definition) is 3. The Morgan fingerprint density at radius 2 is 2.20 bits per heavy atom. The molecule has 0 amide bonds. The van der Waals surface area contributed by atoms with E-state index in [0.29, 0.717) is 6.79 Å². The van der Waals surface area contributed by atoms with E-state index in [1.54, 1.807) is 0 Å². The van der Waals surface area contributed by atoms with Gasteiger partial charge in [0.15, 0.2) is 11.5 Å². The van der Waals surface area contributed by atoms with Gasteiger partial charge in [0.05, 0.1) is 0 Å². The van der Waals surface area contributed by atoms with Gasteiger partial charge in [0, 0.05) is 6.04 Å². The molecule has 1 aliphatic heterocycles. The smallest absolute Gasteiger partial charge is 0.231 e. The maximum atomic E-state index is 5.63. The Labute approximate surface area is 59.1 Å². The average molecular weight is 139 g/mol. The lowest BCUT2D eigenvalue weighted by Crippen LogP contribution is -2.19. The molecule has 1 saturated heterocycles. The van der Waals surface area contributed by atoms with Crippen molar-refractivity contribution in [1.82, 2.24) is 0 Å². The molecule has 0 radical (unpaired) electrons. The summed E-state index contributed by atoms with van der Waals surface area (Å²) >= 11 is 0. The first-order valence-electron chi connectivity index (χ1n) is 3.30. The number of rotatable bonds is 0. The molecule has 1 heterocycles. The molecule has 0 aromatic carbocycles. The van der Waals surface area contributed by atoms with Gasteiger partial charge in [0.2, 0.25) is 6.79 Å². The summed E-state index contributed by atoms with van der Waals surface area (Å²) in [7, 11) is 0. The summed E-state index contributed by atoms with van der Waals surface area (Å²) < 4.78 is 10.2. The van der Waals surface area contributed by atoms with E-state index < -0.39 is 0 Å². The molecule has 0 spiro atoms. The second-order valence-corrected chi connectivity index (χ2v) is 2.41. The zero-order chi connectivity index (χ0) is 6.97. The highest BCUT2D eigenvalue weighted by Gasteiger charge is 2.20. The zero-order valence-corrected chi connectivity index (χ0v) is 5.54. The van der Waals surface area contributed by atoms with Crippen molar-refractivity contribution in [3.05, 3.63) is 23.7 Å². The first-order valence-corrected chi connectivity index (χ1v) is 3.30. The van der Waals surface area contributed by atoms with Crippen LogP contribution in [0.4, 0.5) is 0 Å². The third kappa shape index (κ3) is 0.789. The third-order valence-corrected chi connectivity index (χ3v) is 1.61. The van der Waals surface area contributed by atoms with E-state index in [1.165, 1.54) is 0 Å². The minimum Gasteiger partial charge on any atom is -0.454 e. The number of hydrogen-bond donors (Lipinski definition) is 1. The molecule has 54 valence electrons. The van der Waals surface area contributed by atoms with Crippen molar-refractivity contribution in [2.45, 2.75) is 12.5 Å². The van der Waals surface area contributed by atoms with E-state index >= 15 is 0 Å². The molecule has 1 fully saturated rings. The molecule has 1 aliphatic carbocycles. The predicted molar refractivity (Wildman–Crippen MR) is 35.8 cm³/mol. The molecule has 2 rings (SSSR count). The lowest BCUT2D eigenvalue weighted by Gasteiger charge is -2.09. The van der Waals surface area contributed by atoms with Crippen LogP contribution >= 0.6 is 0 Å². The van der Waals surface area contributed by atoms with Crippen LogP contribution in [0, 0.1) is 0 Å². The molecule has 10 heavy (non-hydrogen) atoms. The minimum atomic E-state index is 0.0976. The fourth-order valence-electron chi connectivity index (χ4n) is 1.09. The van der Waals surface area contributed by atoms with Gasteiger partial charge in [-0.2, -0.15) is 0 Å². The molecule has 0 aromatic heterocycles. The Bertz CT molecular complexity index is 208. The summed E-state index contributed by atoms with van der Waals surface area (Å²) in [6, 6.07) is 0.0976. The highest BCUT2D eigenvalue weighted by Crippen LogP contribution is 2.25. The molecule has 2 N–H and O–H groups in total. The van der Waals surface area contributed by atoms with Crippen molar-refractivity contribution in [3.63, 3.8) is 0 Å². The fourth-order valence-corrected chi connectivity index (χ4v) is 1.09. The monoisotopic (exact) mass is 139 g/mol. The number of fused-ring (bicyclic) bond motifs is 1. The summed E-state index contributed by atoms with van der Waals surface area (Å²) in [4.78, 5) is 0. The molecule has 0 saturated carbocycles. The van der Waals surface area contributed by atoms with E-state index in [2.05, 4.69) is 0 Å². The Balaban J connectivity index is 2.27. The Morgan fingerprint density at radius 3 is 3.10 bits per heavy atom. The van der Waals surface area contributed by atoms with Gasteiger partial charge in [-0.25, -0.2) is 0 Å². The van der Waals surface area contributed by atoms with Crippen molar-refractivity contribution in [3.8, 4) is 0 Å². The van der Waals surface area contributed by atoms with E-state index in [1.807, 2.05) is 12.2 Å². The summed E-state index contributed by atoms with van der Waals surface area (Å²) in [6.07, 6.45) is 4.71. The van der Waals surface area contributed by atoms with E-state index in [0.717, 1.165) is 17.9 Å². The van der Waals surface area contributed by atoms with Gasteiger partial charge in [-0.05, 0) is 18.6 Å². The Morgan fingerprint density at radius 1 is 1.40 bits per heavy atom. The molecule has 3 heteroatoms. The number of ether oxygens (including phenoxy) is 2. The van der Waals surface area contributed by atoms with Crippen LogP contribution in [0.2, 0.25) is 0 Å². The Hall–Kier alpha value is -0.960. The van der Waals surface area contributed by atoms with Crippen molar-refractivity contribution in [1.29, 1.82) is 0 Å². The van der Waals surface area contributed by atoms with Crippen molar-refractivity contribution >= 4 is 0 Å². The van der Waals surface area contributed by atoms with Crippen LogP contribution in [0.25, 0.3) is 0 Å². The topological polar surface area (TPSA) is 44.5 Å².